The number of nitrogens with one attached hydrogen (secondary N) is 1. The lowest BCUT2D eigenvalue weighted by Gasteiger charge is -2.56. The summed E-state index contributed by atoms with van der Waals surface area (Å²) in [5.41, 5.74) is 3.09. The molecule has 0 unspecified atom stereocenters. The smallest absolute Gasteiger partial charge is 0.275 e. The zero-order chi connectivity index (χ0) is 16.9. The van der Waals surface area contributed by atoms with Crippen molar-refractivity contribution in [2.45, 2.75) is 69.4 Å². The Morgan fingerprint density at radius 3 is 2.48 bits per heavy atom. The van der Waals surface area contributed by atoms with E-state index >= 15 is 0 Å². The second-order valence-electron chi connectivity index (χ2n) is 9.38. The van der Waals surface area contributed by atoms with Crippen LogP contribution in [0, 0.1) is 17.8 Å². The molecule has 3 nitrogen and oxygen atoms in total. The molecule has 0 aliphatic heterocycles. The standard InChI is InChI=1S/C22H30N2O/c25-21(14-23-20-7-3-5-18-4-1-2-6-19(18)20)24-22-11-15-8-16(12-22)10-17(9-15)13-22/h1-2,4,6,15-17,20,23H,3,5,7-14H2,(H,24,25)/p+1/t15?,16?,17?,20-,22?/m1/s1. The number of hydrogen-bond donors (Lipinski definition) is 2. The van der Waals surface area contributed by atoms with E-state index in [0.717, 1.165) is 17.8 Å². The third kappa shape index (κ3) is 3.01. The van der Waals surface area contributed by atoms with Crippen molar-refractivity contribution in [1.82, 2.24) is 5.32 Å². The highest BCUT2D eigenvalue weighted by atomic mass is 16.2. The number of hydrogen-bond acceptors (Lipinski definition) is 1. The molecule has 0 radical (unpaired) electrons. The lowest BCUT2D eigenvalue weighted by atomic mass is 9.53. The maximum Gasteiger partial charge on any atom is 0.275 e. The van der Waals surface area contributed by atoms with Crippen molar-refractivity contribution >= 4 is 5.91 Å². The molecule has 1 aromatic carbocycles. The van der Waals surface area contributed by atoms with E-state index in [1.807, 2.05) is 0 Å². The molecule has 134 valence electrons. The number of benzene rings is 1. The highest BCUT2D eigenvalue weighted by molar-refractivity contribution is 5.77. The number of quaternary nitrogens is 1. The molecule has 0 saturated heterocycles. The van der Waals surface area contributed by atoms with Crippen LogP contribution in [0.1, 0.15) is 68.5 Å². The molecule has 4 saturated carbocycles. The van der Waals surface area contributed by atoms with E-state index in [1.54, 1.807) is 0 Å². The van der Waals surface area contributed by atoms with Crippen molar-refractivity contribution < 1.29 is 10.1 Å². The predicted molar refractivity (Wildman–Crippen MR) is 98.0 cm³/mol. The molecule has 0 heterocycles. The number of amides is 1. The third-order valence-electron chi connectivity index (χ3n) is 7.45. The molecule has 5 aliphatic rings. The maximum absolute atomic E-state index is 12.7. The maximum atomic E-state index is 12.7. The molecular formula is C22H31N2O+. The Balaban J connectivity index is 1.21. The van der Waals surface area contributed by atoms with Crippen molar-refractivity contribution in [3.63, 3.8) is 0 Å². The Morgan fingerprint density at radius 1 is 1.08 bits per heavy atom. The van der Waals surface area contributed by atoms with Crippen molar-refractivity contribution in [2.75, 3.05) is 6.54 Å². The van der Waals surface area contributed by atoms with Crippen molar-refractivity contribution in [1.29, 1.82) is 0 Å². The molecule has 25 heavy (non-hydrogen) atoms. The average molecular weight is 340 g/mol. The zero-order valence-electron chi connectivity index (χ0n) is 15.2. The molecular weight excluding hydrogens is 308 g/mol. The van der Waals surface area contributed by atoms with Gasteiger partial charge in [0.15, 0.2) is 6.54 Å². The van der Waals surface area contributed by atoms with Crippen LogP contribution in [0.5, 0.6) is 0 Å². The van der Waals surface area contributed by atoms with Gasteiger partial charge in [-0.15, -0.1) is 0 Å². The summed E-state index contributed by atoms with van der Waals surface area (Å²) >= 11 is 0. The van der Waals surface area contributed by atoms with Crippen molar-refractivity contribution in [2.24, 2.45) is 17.8 Å². The first-order chi connectivity index (χ1) is 12.2. The molecule has 1 aromatic rings. The van der Waals surface area contributed by atoms with E-state index in [1.165, 1.54) is 68.9 Å². The summed E-state index contributed by atoms with van der Waals surface area (Å²) in [5.74, 6) is 2.94. The van der Waals surface area contributed by atoms with Crippen LogP contribution >= 0.6 is 0 Å². The van der Waals surface area contributed by atoms with Crippen LogP contribution in [-0.2, 0) is 11.2 Å². The lowest BCUT2D eigenvalue weighted by Crippen LogP contribution is -2.88. The summed E-state index contributed by atoms with van der Waals surface area (Å²) in [7, 11) is 0. The van der Waals surface area contributed by atoms with Crippen LogP contribution in [-0.4, -0.2) is 18.0 Å². The van der Waals surface area contributed by atoms with Crippen LogP contribution in [0.4, 0.5) is 0 Å². The normalized spacial score (nSPS) is 38.4. The molecule has 4 bridgehead atoms. The monoisotopic (exact) mass is 339 g/mol. The number of rotatable bonds is 4. The fraction of sp³-hybridized carbons (Fsp3) is 0.682. The van der Waals surface area contributed by atoms with Crippen LogP contribution < -0.4 is 10.6 Å². The second-order valence-corrected chi connectivity index (χ2v) is 9.38. The molecule has 4 fully saturated rings. The van der Waals surface area contributed by atoms with Gasteiger partial charge in [-0.25, -0.2) is 0 Å². The Bertz CT molecular complexity index is 632. The van der Waals surface area contributed by atoms with Gasteiger partial charge in [-0.2, -0.15) is 0 Å². The van der Waals surface area contributed by atoms with Gasteiger partial charge in [-0.1, -0.05) is 24.3 Å². The number of carbonyl (C=O) groups is 1. The highest BCUT2D eigenvalue weighted by Gasteiger charge is 2.51. The van der Waals surface area contributed by atoms with Gasteiger partial charge < -0.3 is 10.6 Å². The molecule has 1 amide bonds. The van der Waals surface area contributed by atoms with Crippen LogP contribution in [0.3, 0.4) is 0 Å². The SMILES string of the molecule is O=C(C[NH2+][C@@H]1CCCc2ccccc21)NC12CC3CC(CC(C3)C1)C2. The number of fused-ring (bicyclic) bond motifs is 1. The minimum Gasteiger partial charge on any atom is -0.346 e. The van der Waals surface area contributed by atoms with Crippen molar-refractivity contribution in [3.05, 3.63) is 35.4 Å². The Kier molecular flexibility index (Phi) is 3.89. The predicted octanol–water partition coefficient (Wildman–Crippen LogP) is 2.71. The van der Waals surface area contributed by atoms with Crippen LogP contribution in [0.25, 0.3) is 0 Å². The van der Waals surface area contributed by atoms with Gasteiger partial charge >= 0.3 is 0 Å². The van der Waals surface area contributed by atoms with Gasteiger partial charge in [-0.05, 0) is 74.7 Å². The molecule has 6 rings (SSSR count). The number of carbonyl (C=O) groups excluding carboxylic acids is 1. The minimum atomic E-state index is 0.157. The van der Waals surface area contributed by atoms with Gasteiger partial charge in [0.1, 0.15) is 6.04 Å². The van der Waals surface area contributed by atoms with Crippen molar-refractivity contribution in [3.8, 4) is 0 Å². The van der Waals surface area contributed by atoms with Gasteiger partial charge in [0, 0.05) is 17.5 Å². The summed E-state index contributed by atoms with van der Waals surface area (Å²) in [6.07, 6.45) is 11.7. The molecule has 3 N–H and O–H groups in total. The first kappa shape index (κ1) is 15.9. The van der Waals surface area contributed by atoms with Crippen LogP contribution in [0.2, 0.25) is 0 Å². The van der Waals surface area contributed by atoms with Gasteiger partial charge in [0.25, 0.3) is 5.91 Å². The van der Waals surface area contributed by atoms with E-state index < -0.39 is 0 Å². The van der Waals surface area contributed by atoms with Gasteiger partial charge in [0.05, 0.1) is 0 Å². The van der Waals surface area contributed by atoms with Gasteiger partial charge in [0.2, 0.25) is 0 Å². The molecule has 0 aromatic heterocycles. The Labute approximate surface area is 151 Å². The van der Waals surface area contributed by atoms with E-state index in [4.69, 9.17) is 0 Å². The fourth-order valence-corrected chi connectivity index (χ4v) is 6.90. The molecule has 1 atom stereocenters. The summed E-state index contributed by atoms with van der Waals surface area (Å²) in [6.45, 7) is 0.584. The van der Waals surface area contributed by atoms with E-state index in [-0.39, 0.29) is 11.4 Å². The lowest BCUT2D eigenvalue weighted by molar-refractivity contribution is -0.687. The number of nitrogens with two attached hydrogens (primary N) is 1. The molecule has 5 aliphatic carbocycles. The largest absolute Gasteiger partial charge is 0.346 e. The Morgan fingerprint density at radius 2 is 1.76 bits per heavy atom. The van der Waals surface area contributed by atoms with Crippen LogP contribution in [0.15, 0.2) is 24.3 Å². The summed E-state index contributed by atoms with van der Waals surface area (Å²) in [5, 5.41) is 5.80. The number of aryl methyl sites for hydroxylation is 1. The quantitative estimate of drug-likeness (QED) is 0.870. The fourth-order valence-electron chi connectivity index (χ4n) is 6.90. The minimum absolute atomic E-state index is 0.157. The Hall–Kier alpha value is -1.35. The topological polar surface area (TPSA) is 45.7 Å². The zero-order valence-corrected chi connectivity index (χ0v) is 15.2. The third-order valence-corrected chi connectivity index (χ3v) is 7.45. The summed E-state index contributed by atoms with van der Waals surface area (Å²) < 4.78 is 0. The molecule has 3 heteroatoms. The van der Waals surface area contributed by atoms with E-state index in [9.17, 15) is 4.79 Å². The first-order valence-corrected chi connectivity index (χ1v) is 10.4. The second kappa shape index (κ2) is 6.12. The summed E-state index contributed by atoms with van der Waals surface area (Å²) in [6, 6.07) is 9.26. The van der Waals surface area contributed by atoms with Gasteiger partial charge in [-0.3, -0.25) is 4.79 Å². The van der Waals surface area contributed by atoms with E-state index in [0.29, 0.717) is 12.6 Å². The average Bonchev–Trinajstić information content (AvgIpc) is 2.58. The molecule has 0 spiro atoms. The summed E-state index contributed by atoms with van der Waals surface area (Å²) in [4.78, 5) is 12.7. The van der Waals surface area contributed by atoms with E-state index in [2.05, 4.69) is 34.9 Å². The highest BCUT2D eigenvalue weighted by Crippen LogP contribution is 2.55. The first-order valence-electron chi connectivity index (χ1n) is 10.4.